The van der Waals surface area contributed by atoms with Crippen LogP contribution in [0.3, 0.4) is 0 Å². The van der Waals surface area contributed by atoms with Crippen LogP contribution in [0.5, 0.6) is 0 Å². The highest BCUT2D eigenvalue weighted by atomic mass is 16.1. The Hall–Kier alpha value is -1.39. The van der Waals surface area contributed by atoms with Gasteiger partial charge in [-0.25, -0.2) is 0 Å². The molecule has 0 unspecified atom stereocenters. The number of carbonyl (C=O) groups is 1. The van der Waals surface area contributed by atoms with Crippen LogP contribution in [0.4, 0.5) is 0 Å². The molecule has 0 heterocycles. The molecule has 4 nitrogen and oxygen atoms in total. The average Bonchev–Trinajstić information content (AvgIpc) is 2.38. The molecule has 1 fully saturated rings. The molecule has 0 atom stereocenters. The first-order chi connectivity index (χ1) is 9.55. The van der Waals surface area contributed by atoms with Crippen LogP contribution in [0.1, 0.15) is 30.4 Å². The molecule has 1 aromatic carbocycles. The van der Waals surface area contributed by atoms with Crippen molar-refractivity contribution in [2.45, 2.75) is 37.8 Å². The maximum Gasteiger partial charge on any atom is 0.224 e. The second kappa shape index (κ2) is 6.37. The summed E-state index contributed by atoms with van der Waals surface area (Å²) in [7, 11) is 4.19. The van der Waals surface area contributed by atoms with Crippen molar-refractivity contribution in [3.8, 4) is 0 Å². The Balaban J connectivity index is 1.83. The lowest BCUT2D eigenvalue weighted by Crippen LogP contribution is -2.57. The third-order valence-electron chi connectivity index (χ3n) is 4.47. The molecule has 110 valence electrons. The molecule has 0 aromatic heterocycles. The monoisotopic (exact) mass is 275 g/mol. The van der Waals surface area contributed by atoms with Gasteiger partial charge in [-0.05, 0) is 44.5 Å². The van der Waals surface area contributed by atoms with Gasteiger partial charge in [0.15, 0.2) is 0 Å². The Morgan fingerprint density at radius 3 is 2.30 bits per heavy atom. The molecule has 1 amide bonds. The molecule has 2 rings (SSSR count). The van der Waals surface area contributed by atoms with Gasteiger partial charge in [-0.3, -0.25) is 4.79 Å². The van der Waals surface area contributed by atoms with Gasteiger partial charge in [0.2, 0.25) is 5.91 Å². The molecule has 0 bridgehead atoms. The third-order valence-corrected chi connectivity index (χ3v) is 4.47. The lowest BCUT2D eigenvalue weighted by atomic mass is 9.75. The van der Waals surface area contributed by atoms with Gasteiger partial charge >= 0.3 is 0 Å². The van der Waals surface area contributed by atoms with Crippen LogP contribution in [0.2, 0.25) is 0 Å². The van der Waals surface area contributed by atoms with E-state index in [0.717, 1.165) is 17.7 Å². The van der Waals surface area contributed by atoms with Gasteiger partial charge in [-0.2, -0.15) is 0 Å². The quantitative estimate of drug-likeness (QED) is 0.822. The van der Waals surface area contributed by atoms with Gasteiger partial charge in [0.25, 0.3) is 0 Å². The summed E-state index contributed by atoms with van der Waals surface area (Å²) in [4.78, 5) is 14.3. The first kappa shape index (κ1) is 15.0. The predicted molar refractivity (Wildman–Crippen MR) is 81.3 cm³/mol. The summed E-state index contributed by atoms with van der Waals surface area (Å²) >= 11 is 0. The van der Waals surface area contributed by atoms with Crippen LogP contribution in [-0.4, -0.2) is 37.0 Å². The molecule has 0 saturated heterocycles. The minimum Gasteiger partial charge on any atom is -0.354 e. The second-order valence-electron chi connectivity index (χ2n) is 5.95. The Kier molecular flexibility index (Phi) is 4.78. The molecule has 1 aromatic rings. The van der Waals surface area contributed by atoms with Crippen LogP contribution in [0, 0.1) is 0 Å². The fraction of sp³-hybridized carbons (Fsp3) is 0.562. The number of nitrogens with one attached hydrogen (secondary N) is 1. The summed E-state index contributed by atoms with van der Waals surface area (Å²) in [6, 6.07) is 7.92. The number of hydrogen-bond donors (Lipinski definition) is 2. The third kappa shape index (κ3) is 3.38. The SMILES string of the molecule is CN(C)C1(CNC(=O)Cc2ccc(CN)cc2)CCC1. The van der Waals surface area contributed by atoms with E-state index >= 15 is 0 Å². The average molecular weight is 275 g/mol. The molecule has 0 spiro atoms. The number of hydrogen-bond acceptors (Lipinski definition) is 3. The number of carbonyl (C=O) groups excluding carboxylic acids is 1. The summed E-state index contributed by atoms with van der Waals surface area (Å²) in [5.74, 6) is 0.0959. The molecule has 4 heteroatoms. The van der Waals surface area contributed by atoms with Gasteiger partial charge < -0.3 is 16.0 Å². The maximum absolute atomic E-state index is 12.0. The molecule has 1 saturated carbocycles. The van der Waals surface area contributed by atoms with Crippen molar-refractivity contribution in [1.82, 2.24) is 10.2 Å². The number of nitrogens with two attached hydrogens (primary N) is 1. The number of amides is 1. The lowest BCUT2D eigenvalue weighted by Gasteiger charge is -2.47. The minimum atomic E-state index is 0.0959. The minimum absolute atomic E-state index is 0.0959. The Bertz CT molecular complexity index is 449. The van der Waals surface area contributed by atoms with Crippen molar-refractivity contribution >= 4 is 5.91 Å². The highest BCUT2D eigenvalue weighted by Gasteiger charge is 2.39. The molecular weight excluding hydrogens is 250 g/mol. The van der Waals surface area contributed by atoms with Crippen molar-refractivity contribution in [3.05, 3.63) is 35.4 Å². The molecule has 1 aliphatic carbocycles. The van der Waals surface area contributed by atoms with E-state index in [4.69, 9.17) is 5.73 Å². The lowest BCUT2D eigenvalue weighted by molar-refractivity contribution is -0.121. The summed E-state index contributed by atoms with van der Waals surface area (Å²) < 4.78 is 0. The Labute approximate surface area is 121 Å². The highest BCUT2D eigenvalue weighted by molar-refractivity contribution is 5.78. The Morgan fingerprint density at radius 1 is 1.25 bits per heavy atom. The van der Waals surface area contributed by atoms with Gasteiger partial charge in [0.1, 0.15) is 0 Å². The summed E-state index contributed by atoms with van der Waals surface area (Å²) in [6.07, 6.45) is 4.04. The molecular formula is C16H25N3O. The van der Waals surface area contributed by atoms with Crippen molar-refractivity contribution in [2.75, 3.05) is 20.6 Å². The summed E-state index contributed by atoms with van der Waals surface area (Å²) in [6.45, 7) is 1.29. The van der Waals surface area contributed by atoms with Gasteiger partial charge in [0, 0.05) is 18.6 Å². The summed E-state index contributed by atoms with van der Waals surface area (Å²) in [5, 5.41) is 3.08. The fourth-order valence-corrected chi connectivity index (χ4v) is 2.67. The van der Waals surface area contributed by atoms with Crippen LogP contribution in [-0.2, 0) is 17.8 Å². The molecule has 20 heavy (non-hydrogen) atoms. The largest absolute Gasteiger partial charge is 0.354 e. The van der Waals surface area contributed by atoms with E-state index in [2.05, 4.69) is 24.3 Å². The predicted octanol–water partition coefficient (Wildman–Crippen LogP) is 1.29. The van der Waals surface area contributed by atoms with E-state index in [1.807, 2.05) is 24.3 Å². The van der Waals surface area contributed by atoms with E-state index in [-0.39, 0.29) is 11.4 Å². The first-order valence-corrected chi connectivity index (χ1v) is 7.28. The molecule has 1 aliphatic rings. The van der Waals surface area contributed by atoms with Crippen molar-refractivity contribution in [2.24, 2.45) is 5.73 Å². The number of rotatable bonds is 6. The van der Waals surface area contributed by atoms with Crippen LogP contribution in [0.15, 0.2) is 24.3 Å². The topological polar surface area (TPSA) is 58.4 Å². The number of likely N-dealkylation sites (N-methyl/N-ethyl adjacent to an activating group) is 1. The van der Waals surface area contributed by atoms with Crippen LogP contribution < -0.4 is 11.1 Å². The first-order valence-electron chi connectivity index (χ1n) is 7.28. The van der Waals surface area contributed by atoms with E-state index in [9.17, 15) is 4.79 Å². The van der Waals surface area contributed by atoms with E-state index in [0.29, 0.717) is 13.0 Å². The van der Waals surface area contributed by atoms with E-state index in [1.165, 1.54) is 19.3 Å². The highest BCUT2D eigenvalue weighted by Crippen LogP contribution is 2.35. The van der Waals surface area contributed by atoms with Crippen molar-refractivity contribution < 1.29 is 4.79 Å². The Morgan fingerprint density at radius 2 is 1.85 bits per heavy atom. The van der Waals surface area contributed by atoms with Crippen molar-refractivity contribution in [3.63, 3.8) is 0 Å². The second-order valence-corrected chi connectivity index (χ2v) is 5.95. The number of benzene rings is 1. The number of nitrogens with zero attached hydrogens (tertiary/aromatic N) is 1. The smallest absolute Gasteiger partial charge is 0.224 e. The molecule has 0 aliphatic heterocycles. The zero-order chi connectivity index (χ0) is 14.6. The summed E-state index contributed by atoms with van der Waals surface area (Å²) in [5.41, 5.74) is 7.87. The zero-order valence-electron chi connectivity index (χ0n) is 12.5. The van der Waals surface area contributed by atoms with E-state index in [1.54, 1.807) is 0 Å². The standard InChI is InChI=1S/C16H25N3O/c1-19(2)16(8-3-9-16)12-18-15(20)10-13-4-6-14(11-17)7-5-13/h4-7H,3,8-12,17H2,1-2H3,(H,18,20). The fourth-order valence-electron chi connectivity index (χ4n) is 2.67. The van der Waals surface area contributed by atoms with Gasteiger partial charge in [-0.1, -0.05) is 24.3 Å². The van der Waals surface area contributed by atoms with Gasteiger partial charge in [-0.15, -0.1) is 0 Å². The zero-order valence-corrected chi connectivity index (χ0v) is 12.5. The van der Waals surface area contributed by atoms with E-state index < -0.39 is 0 Å². The van der Waals surface area contributed by atoms with Crippen LogP contribution >= 0.6 is 0 Å². The van der Waals surface area contributed by atoms with Crippen LogP contribution in [0.25, 0.3) is 0 Å². The molecule has 3 N–H and O–H groups in total. The molecule has 0 radical (unpaired) electrons. The maximum atomic E-state index is 12.0. The van der Waals surface area contributed by atoms with Gasteiger partial charge in [0.05, 0.1) is 6.42 Å². The normalized spacial score (nSPS) is 16.8. The van der Waals surface area contributed by atoms with Crippen molar-refractivity contribution in [1.29, 1.82) is 0 Å².